The third-order valence-electron chi connectivity index (χ3n) is 4.87. The third kappa shape index (κ3) is 6.01. The normalized spacial score (nSPS) is 10.6. The lowest BCUT2D eigenvalue weighted by Crippen LogP contribution is -2.21. The SMILES string of the molecule is CC(=O)NCCCc1ccc(C(=O)COC(=O)Cc2cccc3ccccc23)cc1. The number of ether oxygens (including phenoxy) is 1. The number of carbonyl (C=O) groups excluding carboxylic acids is 3. The summed E-state index contributed by atoms with van der Waals surface area (Å²) in [6, 6.07) is 20.9. The Bertz CT molecular complexity index is 1040. The zero-order chi connectivity index (χ0) is 21.3. The fraction of sp³-hybridized carbons (Fsp3) is 0.240. The Hall–Kier alpha value is -3.47. The molecular weight excluding hydrogens is 378 g/mol. The predicted molar refractivity (Wildman–Crippen MR) is 116 cm³/mol. The number of nitrogens with one attached hydrogen (secondary N) is 1. The van der Waals surface area contributed by atoms with E-state index >= 15 is 0 Å². The molecule has 0 atom stereocenters. The zero-order valence-electron chi connectivity index (χ0n) is 17.0. The Morgan fingerprint density at radius 2 is 1.63 bits per heavy atom. The number of carbonyl (C=O) groups is 3. The van der Waals surface area contributed by atoms with Gasteiger partial charge in [0.2, 0.25) is 5.91 Å². The molecule has 1 amide bonds. The van der Waals surface area contributed by atoms with E-state index in [1.54, 1.807) is 12.1 Å². The van der Waals surface area contributed by atoms with Gasteiger partial charge in [-0.1, -0.05) is 66.7 Å². The number of hydrogen-bond donors (Lipinski definition) is 1. The van der Waals surface area contributed by atoms with E-state index in [1.807, 2.05) is 54.6 Å². The van der Waals surface area contributed by atoms with Crippen LogP contribution in [-0.2, 0) is 27.2 Å². The van der Waals surface area contributed by atoms with Gasteiger partial charge in [0.25, 0.3) is 0 Å². The summed E-state index contributed by atoms with van der Waals surface area (Å²) < 4.78 is 5.21. The number of amides is 1. The second kappa shape index (κ2) is 10.3. The lowest BCUT2D eigenvalue weighted by atomic mass is 10.0. The second-order valence-corrected chi connectivity index (χ2v) is 7.18. The lowest BCUT2D eigenvalue weighted by Gasteiger charge is -2.08. The topological polar surface area (TPSA) is 72.5 Å². The van der Waals surface area contributed by atoms with E-state index in [-0.39, 0.29) is 24.7 Å². The van der Waals surface area contributed by atoms with E-state index in [0.29, 0.717) is 12.1 Å². The molecule has 0 aliphatic rings. The van der Waals surface area contributed by atoms with Crippen molar-refractivity contribution in [3.63, 3.8) is 0 Å². The maximum absolute atomic E-state index is 12.3. The second-order valence-electron chi connectivity index (χ2n) is 7.18. The van der Waals surface area contributed by atoms with Crippen LogP contribution in [0.1, 0.15) is 34.8 Å². The molecule has 1 N–H and O–H groups in total. The van der Waals surface area contributed by atoms with Crippen molar-refractivity contribution >= 4 is 28.4 Å². The molecule has 154 valence electrons. The van der Waals surface area contributed by atoms with Gasteiger partial charge >= 0.3 is 5.97 Å². The van der Waals surface area contributed by atoms with Gasteiger partial charge in [0.15, 0.2) is 12.4 Å². The molecule has 0 saturated carbocycles. The van der Waals surface area contributed by atoms with Crippen molar-refractivity contribution in [3.8, 4) is 0 Å². The average Bonchev–Trinajstić information content (AvgIpc) is 2.75. The van der Waals surface area contributed by atoms with Crippen LogP contribution in [-0.4, -0.2) is 30.8 Å². The summed E-state index contributed by atoms with van der Waals surface area (Å²) in [5.41, 5.74) is 2.48. The summed E-state index contributed by atoms with van der Waals surface area (Å²) in [6.07, 6.45) is 1.77. The van der Waals surface area contributed by atoms with Crippen LogP contribution in [0.15, 0.2) is 66.7 Å². The third-order valence-corrected chi connectivity index (χ3v) is 4.87. The Morgan fingerprint density at radius 3 is 2.40 bits per heavy atom. The molecule has 30 heavy (non-hydrogen) atoms. The van der Waals surface area contributed by atoms with Crippen LogP contribution < -0.4 is 5.32 Å². The highest BCUT2D eigenvalue weighted by molar-refractivity contribution is 5.98. The number of rotatable bonds is 9. The monoisotopic (exact) mass is 403 g/mol. The van der Waals surface area contributed by atoms with Gasteiger partial charge in [-0.3, -0.25) is 14.4 Å². The largest absolute Gasteiger partial charge is 0.457 e. The Kier molecular flexibility index (Phi) is 7.33. The standard InChI is InChI=1S/C25H25NO4/c1-18(27)26-15-5-6-19-11-13-21(14-12-19)24(28)17-30-25(29)16-22-9-4-8-20-7-2-3-10-23(20)22/h2-4,7-14H,5-6,15-17H2,1H3,(H,26,27). The highest BCUT2D eigenvalue weighted by Gasteiger charge is 2.12. The molecule has 0 spiro atoms. The van der Waals surface area contributed by atoms with Crippen LogP contribution >= 0.6 is 0 Å². The van der Waals surface area contributed by atoms with Crippen LogP contribution in [0.3, 0.4) is 0 Å². The van der Waals surface area contributed by atoms with Gasteiger partial charge in [-0.25, -0.2) is 0 Å². The molecule has 5 nitrogen and oxygen atoms in total. The fourth-order valence-corrected chi connectivity index (χ4v) is 3.30. The smallest absolute Gasteiger partial charge is 0.310 e. The molecule has 0 bridgehead atoms. The van der Waals surface area contributed by atoms with Crippen LogP contribution in [0.4, 0.5) is 0 Å². The van der Waals surface area contributed by atoms with E-state index in [4.69, 9.17) is 4.74 Å². The van der Waals surface area contributed by atoms with E-state index in [9.17, 15) is 14.4 Å². The predicted octanol–water partition coefficient (Wildman–Crippen LogP) is 3.88. The Labute approximate surface area is 176 Å². The van der Waals surface area contributed by atoms with E-state index < -0.39 is 5.97 Å². The quantitative estimate of drug-likeness (QED) is 0.334. The maximum atomic E-state index is 12.3. The summed E-state index contributed by atoms with van der Waals surface area (Å²) in [5, 5.41) is 4.84. The van der Waals surface area contributed by atoms with E-state index in [2.05, 4.69) is 5.32 Å². The molecule has 0 saturated heterocycles. The number of fused-ring (bicyclic) bond motifs is 1. The van der Waals surface area contributed by atoms with Crippen molar-refractivity contribution in [2.45, 2.75) is 26.2 Å². The summed E-state index contributed by atoms with van der Waals surface area (Å²) in [4.78, 5) is 35.4. The highest BCUT2D eigenvalue weighted by atomic mass is 16.5. The molecule has 0 radical (unpaired) electrons. The Morgan fingerprint density at radius 1 is 0.900 bits per heavy atom. The number of benzene rings is 3. The summed E-state index contributed by atoms with van der Waals surface area (Å²) in [6.45, 7) is 1.85. The van der Waals surface area contributed by atoms with Gasteiger partial charge in [0, 0.05) is 19.0 Å². The number of hydrogen-bond acceptors (Lipinski definition) is 4. The van der Waals surface area contributed by atoms with Gasteiger partial charge in [0.1, 0.15) is 0 Å². The maximum Gasteiger partial charge on any atom is 0.310 e. The van der Waals surface area contributed by atoms with Crippen LogP contribution in [0.25, 0.3) is 10.8 Å². The van der Waals surface area contributed by atoms with E-state index in [0.717, 1.165) is 34.7 Å². The number of Topliss-reactive ketones (excluding diaryl/α,β-unsaturated/α-hetero) is 1. The van der Waals surface area contributed by atoms with Crippen molar-refractivity contribution in [3.05, 3.63) is 83.4 Å². The van der Waals surface area contributed by atoms with Gasteiger partial charge in [-0.15, -0.1) is 0 Å². The molecule has 3 rings (SSSR count). The number of esters is 1. The molecule has 3 aromatic rings. The first-order valence-corrected chi connectivity index (χ1v) is 10.0. The molecule has 5 heteroatoms. The summed E-state index contributed by atoms with van der Waals surface area (Å²) in [5.74, 6) is -0.689. The lowest BCUT2D eigenvalue weighted by molar-refractivity contribution is -0.141. The van der Waals surface area contributed by atoms with Crippen molar-refractivity contribution in [1.82, 2.24) is 5.32 Å². The molecule has 3 aromatic carbocycles. The Balaban J connectivity index is 1.49. The molecule has 0 heterocycles. The van der Waals surface area contributed by atoms with Gasteiger partial charge in [-0.05, 0) is 34.7 Å². The highest BCUT2D eigenvalue weighted by Crippen LogP contribution is 2.19. The van der Waals surface area contributed by atoms with Crippen LogP contribution in [0, 0.1) is 0 Å². The first-order chi connectivity index (χ1) is 14.5. The number of aryl methyl sites for hydroxylation is 1. The summed E-state index contributed by atoms with van der Waals surface area (Å²) >= 11 is 0. The van der Waals surface area contributed by atoms with Crippen LogP contribution in [0.2, 0.25) is 0 Å². The molecule has 0 aromatic heterocycles. The molecular formula is C25H25NO4. The molecule has 0 unspecified atom stereocenters. The number of ketones is 1. The summed E-state index contributed by atoms with van der Waals surface area (Å²) in [7, 11) is 0. The van der Waals surface area contributed by atoms with Crippen molar-refractivity contribution in [1.29, 1.82) is 0 Å². The van der Waals surface area contributed by atoms with E-state index in [1.165, 1.54) is 6.92 Å². The molecule has 0 fully saturated rings. The first-order valence-electron chi connectivity index (χ1n) is 10.0. The average molecular weight is 403 g/mol. The zero-order valence-corrected chi connectivity index (χ0v) is 17.0. The fourth-order valence-electron chi connectivity index (χ4n) is 3.30. The van der Waals surface area contributed by atoms with Gasteiger partial charge in [-0.2, -0.15) is 0 Å². The minimum Gasteiger partial charge on any atom is -0.457 e. The first kappa shape index (κ1) is 21.2. The minimum absolute atomic E-state index is 0.0362. The van der Waals surface area contributed by atoms with Gasteiger partial charge in [0.05, 0.1) is 6.42 Å². The van der Waals surface area contributed by atoms with Crippen molar-refractivity contribution in [2.75, 3.05) is 13.2 Å². The molecule has 0 aliphatic carbocycles. The minimum atomic E-state index is -0.422. The van der Waals surface area contributed by atoms with Gasteiger partial charge < -0.3 is 10.1 Å². The van der Waals surface area contributed by atoms with Crippen molar-refractivity contribution < 1.29 is 19.1 Å². The molecule has 0 aliphatic heterocycles. The van der Waals surface area contributed by atoms with Crippen LogP contribution in [0.5, 0.6) is 0 Å². The van der Waals surface area contributed by atoms with Crippen molar-refractivity contribution in [2.24, 2.45) is 0 Å².